The van der Waals surface area contributed by atoms with E-state index in [0.29, 0.717) is 42.7 Å². The minimum absolute atomic E-state index is 0.00293. The third kappa shape index (κ3) is 3.52. The number of ketones is 2. The van der Waals surface area contributed by atoms with Gasteiger partial charge in [-0.15, -0.1) is 0 Å². The summed E-state index contributed by atoms with van der Waals surface area (Å²) in [6, 6.07) is 5.50. The van der Waals surface area contributed by atoms with E-state index in [2.05, 4.69) is 9.69 Å². The Morgan fingerprint density at radius 2 is 1.90 bits per heavy atom. The monoisotopic (exact) mass is 550 g/mol. The smallest absolute Gasteiger partial charge is 0.255 e. The number of aromatic nitrogens is 1. The van der Waals surface area contributed by atoms with Crippen LogP contribution in [0.15, 0.2) is 35.6 Å². The molecule has 202 valence electrons. The number of primary amides is 1. The van der Waals surface area contributed by atoms with Crippen molar-refractivity contribution in [3.8, 4) is 21.9 Å². The number of rotatable bonds is 3. The van der Waals surface area contributed by atoms with Crippen LogP contribution in [0.4, 0.5) is 0 Å². The van der Waals surface area contributed by atoms with E-state index < -0.39 is 52.1 Å². The topological polar surface area (TPSA) is 186 Å². The van der Waals surface area contributed by atoms with Crippen molar-refractivity contribution >= 4 is 39.8 Å². The van der Waals surface area contributed by atoms with Gasteiger partial charge in [0.1, 0.15) is 22.8 Å². The first-order valence-corrected chi connectivity index (χ1v) is 13.3. The Morgan fingerprint density at radius 3 is 2.54 bits per heavy atom. The quantitative estimate of drug-likeness (QED) is 0.256. The highest BCUT2D eigenvalue weighted by Crippen LogP contribution is 2.51. The number of phenols is 2. The molecule has 3 aromatic rings. The number of carbonyl (C=O) groups excluding carboxylic acids is 3. The molecule has 1 fully saturated rings. The van der Waals surface area contributed by atoms with Crippen LogP contribution in [0.1, 0.15) is 21.6 Å². The van der Waals surface area contributed by atoms with Gasteiger partial charge in [-0.05, 0) is 60.1 Å². The zero-order chi connectivity index (χ0) is 27.8. The second kappa shape index (κ2) is 8.85. The summed E-state index contributed by atoms with van der Waals surface area (Å²) < 4.78 is 4.32. The zero-order valence-electron chi connectivity index (χ0n) is 20.9. The number of piperazine rings is 1. The molecule has 3 atom stereocenters. The molecule has 6 rings (SSSR count). The summed E-state index contributed by atoms with van der Waals surface area (Å²) in [5.74, 6) is -6.20. The van der Waals surface area contributed by atoms with Gasteiger partial charge in [0.15, 0.2) is 11.4 Å². The fraction of sp³-hybridized carbons (Fsp3) is 0.333. The standard InChI is InChI=1S/C27H26N4O7S/c1-11-8-17(39-30-11)13-2-3-16(32)19-14(13)9-12-10-15-21(31-6-4-29-5-7-31)23(34)20(26(28)37)25(36)27(15,38)24(35)18(12)22(19)33/h2-3,8-9,15,21,29,32-33,36,38H,4-7,10H2,1H3,(H2,28,37)/t15-,21+,27-/m0/s1. The maximum atomic E-state index is 14.0. The molecule has 0 unspecified atom stereocenters. The fourth-order valence-electron chi connectivity index (χ4n) is 6.27. The van der Waals surface area contributed by atoms with Crippen molar-refractivity contribution in [3.05, 3.63) is 52.4 Å². The molecule has 0 spiro atoms. The minimum Gasteiger partial charge on any atom is -0.508 e. The number of carbonyl (C=O) groups is 3. The molecule has 0 radical (unpaired) electrons. The van der Waals surface area contributed by atoms with Gasteiger partial charge >= 0.3 is 0 Å². The normalized spacial score (nSPS) is 25.6. The summed E-state index contributed by atoms with van der Waals surface area (Å²) in [6.07, 6.45) is -0.0751. The Bertz CT molecular complexity index is 1620. The second-order valence-corrected chi connectivity index (χ2v) is 11.0. The van der Waals surface area contributed by atoms with Gasteiger partial charge in [-0.1, -0.05) is 0 Å². The van der Waals surface area contributed by atoms with E-state index in [1.165, 1.54) is 17.6 Å². The van der Waals surface area contributed by atoms with Gasteiger partial charge in [-0.2, -0.15) is 4.37 Å². The van der Waals surface area contributed by atoms with Crippen LogP contribution in [-0.4, -0.2) is 85.0 Å². The molecular formula is C27H26N4O7S. The molecule has 1 amide bonds. The molecule has 0 saturated carbocycles. The first kappa shape index (κ1) is 25.4. The van der Waals surface area contributed by atoms with Gasteiger partial charge in [0.25, 0.3) is 5.91 Å². The molecule has 12 heteroatoms. The second-order valence-electron chi connectivity index (χ2n) is 10.2. The van der Waals surface area contributed by atoms with Gasteiger partial charge in [0, 0.05) is 37.7 Å². The van der Waals surface area contributed by atoms with Crippen LogP contribution in [0, 0.1) is 12.8 Å². The maximum Gasteiger partial charge on any atom is 0.255 e. The van der Waals surface area contributed by atoms with E-state index in [9.17, 15) is 34.8 Å². The van der Waals surface area contributed by atoms with Crippen molar-refractivity contribution < 1.29 is 34.8 Å². The van der Waals surface area contributed by atoms with Crippen LogP contribution in [0.5, 0.6) is 11.5 Å². The number of nitrogens with two attached hydrogens (primary N) is 1. The van der Waals surface area contributed by atoms with Crippen molar-refractivity contribution in [2.24, 2.45) is 11.7 Å². The number of amides is 1. The number of aliphatic hydroxyl groups is 2. The number of nitrogens with one attached hydrogen (secondary N) is 1. The molecule has 2 aliphatic carbocycles. The summed E-state index contributed by atoms with van der Waals surface area (Å²) in [6.45, 7) is 3.75. The molecule has 1 aromatic heterocycles. The third-order valence-corrected chi connectivity index (χ3v) is 8.98. The molecular weight excluding hydrogens is 524 g/mol. The number of nitrogens with zero attached hydrogens (tertiary/aromatic N) is 2. The summed E-state index contributed by atoms with van der Waals surface area (Å²) in [7, 11) is 0. The predicted molar refractivity (Wildman–Crippen MR) is 142 cm³/mol. The lowest BCUT2D eigenvalue weighted by atomic mass is 9.61. The van der Waals surface area contributed by atoms with E-state index in [-0.39, 0.29) is 23.1 Å². The Labute approximate surface area is 226 Å². The summed E-state index contributed by atoms with van der Waals surface area (Å²) in [5.41, 5.74) is 3.46. The Hall–Kier alpha value is -3.84. The number of phenolic OH excluding ortho intramolecular Hbond substituents is 2. The minimum atomic E-state index is -2.69. The summed E-state index contributed by atoms with van der Waals surface area (Å²) >= 11 is 1.25. The van der Waals surface area contributed by atoms with Crippen LogP contribution >= 0.6 is 11.5 Å². The molecule has 7 N–H and O–H groups in total. The Morgan fingerprint density at radius 1 is 1.18 bits per heavy atom. The van der Waals surface area contributed by atoms with Crippen LogP contribution in [0.25, 0.3) is 21.2 Å². The summed E-state index contributed by atoms with van der Waals surface area (Å²) in [5, 5.41) is 48.6. The van der Waals surface area contributed by atoms with Gasteiger partial charge in [0.2, 0.25) is 5.78 Å². The van der Waals surface area contributed by atoms with E-state index in [4.69, 9.17) is 5.73 Å². The lowest BCUT2D eigenvalue weighted by molar-refractivity contribution is -0.134. The van der Waals surface area contributed by atoms with E-state index in [1.54, 1.807) is 17.0 Å². The Balaban J connectivity index is 1.61. The van der Waals surface area contributed by atoms with Crippen LogP contribution in [0.3, 0.4) is 0 Å². The van der Waals surface area contributed by atoms with Crippen LogP contribution < -0.4 is 11.1 Å². The highest BCUT2D eigenvalue weighted by molar-refractivity contribution is 7.09. The van der Waals surface area contributed by atoms with E-state index in [1.807, 2.05) is 13.0 Å². The number of aliphatic hydroxyl groups excluding tert-OH is 1. The fourth-order valence-corrected chi connectivity index (χ4v) is 7.07. The van der Waals surface area contributed by atoms with Crippen LogP contribution in [-0.2, 0) is 16.0 Å². The molecule has 1 aliphatic heterocycles. The van der Waals surface area contributed by atoms with Gasteiger partial charge in [0.05, 0.1) is 27.6 Å². The van der Waals surface area contributed by atoms with Crippen molar-refractivity contribution in [1.29, 1.82) is 0 Å². The lowest BCUT2D eigenvalue weighted by Gasteiger charge is -2.49. The zero-order valence-corrected chi connectivity index (χ0v) is 21.7. The highest BCUT2D eigenvalue weighted by atomic mass is 32.1. The molecule has 0 bridgehead atoms. The number of hydrogen-bond acceptors (Lipinski definition) is 11. The SMILES string of the molecule is Cc1cc(-c2ccc(O)c3c(O)c4c(cc23)C[C@H]2[C@@H](N3CCNCC3)C(=O)C(C(N)=O)=C(O)[C@@]2(O)C4=O)sn1. The van der Waals surface area contributed by atoms with E-state index >= 15 is 0 Å². The van der Waals surface area contributed by atoms with Crippen molar-refractivity contribution in [2.45, 2.75) is 25.0 Å². The summed E-state index contributed by atoms with van der Waals surface area (Å²) in [4.78, 5) is 42.4. The number of aryl methyl sites for hydroxylation is 1. The van der Waals surface area contributed by atoms with E-state index in [0.717, 1.165) is 10.6 Å². The molecule has 1 saturated heterocycles. The number of hydrogen-bond donors (Lipinski definition) is 6. The highest BCUT2D eigenvalue weighted by Gasteiger charge is 2.62. The average Bonchev–Trinajstić information content (AvgIpc) is 3.32. The number of Topliss-reactive ketones (excluding diaryl/α,β-unsaturated/α-hetero) is 2. The molecule has 2 heterocycles. The first-order valence-electron chi connectivity index (χ1n) is 12.5. The molecule has 11 nitrogen and oxygen atoms in total. The Kier molecular flexibility index (Phi) is 5.77. The van der Waals surface area contributed by atoms with Gasteiger partial charge in [-0.3, -0.25) is 19.3 Å². The largest absolute Gasteiger partial charge is 0.508 e. The molecule has 2 aromatic carbocycles. The number of benzene rings is 2. The predicted octanol–water partition coefficient (Wildman–Crippen LogP) is 0.923. The molecule has 39 heavy (non-hydrogen) atoms. The van der Waals surface area contributed by atoms with Crippen molar-refractivity contribution in [3.63, 3.8) is 0 Å². The van der Waals surface area contributed by atoms with Crippen molar-refractivity contribution in [2.75, 3.05) is 26.2 Å². The number of fused-ring (bicyclic) bond motifs is 3. The molecule has 3 aliphatic rings. The number of aromatic hydroxyl groups is 2. The lowest BCUT2D eigenvalue weighted by Crippen LogP contribution is -2.67. The average molecular weight is 551 g/mol. The first-order chi connectivity index (χ1) is 18.6. The third-order valence-electron chi connectivity index (χ3n) is 8.07. The maximum absolute atomic E-state index is 14.0. The van der Waals surface area contributed by atoms with Crippen LogP contribution in [0.2, 0.25) is 0 Å². The van der Waals surface area contributed by atoms with Gasteiger partial charge < -0.3 is 31.5 Å². The van der Waals surface area contributed by atoms with Crippen molar-refractivity contribution in [1.82, 2.24) is 14.6 Å². The van der Waals surface area contributed by atoms with Gasteiger partial charge in [-0.25, -0.2) is 0 Å².